The minimum Gasteiger partial charge on any atom is -0.147 e. The van der Waals surface area contributed by atoms with Gasteiger partial charge in [-0.15, -0.1) is 24.8 Å². The van der Waals surface area contributed by atoms with Crippen molar-refractivity contribution in [3.05, 3.63) is 134 Å². The van der Waals surface area contributed by atoms with Crippen LogP contribution in [0.5, 0.6) is 0 Å². The smallest absolute Gasteiger partial charge is 0.147 e. The summed E-state index contributed by atoms with van der Waals surface area (Å²) in [6.07, 6.45) is 14.5. The van der Waals surface area contributed by atoms with E-state index in [2.05, 4.69) is 133 Å². The van der Waals surface area contributed by atoms with Crippen LogP contribution in [0.2, 0.25) is 13.1 Å². The molecule has 40 heavy (non-hydrogen) atoms. The Bertz CT molecular complexity index is 1340. The van der Waals surface area contributed by atoms with Gasteiger partial charge in [0.2, 0.25) is 0 Å². The second kappa shape index (κ2) is 13.2. The molecule has 2 aromatic rings. The van der Waals surface area contributed by atoms with E-state index in [9.17, 15) is 0 Å². The molecule has 0 N–H and O–H groups in total. The molecule has 0 fully saturated rings. The zero-order chi connectivity index (χ0) is 27.1. The first-order valence-corrected chi connectivity index (χ1v) is 25.3. The van der Waals surface area contributed by atoms with Gasteiger partial charge in [-0.25, -0.2) is 0 Å². The third-order valence-corrected chi connectivity index (χ3v) is 41.8. The molecule has 0 saturated heterocycles. The molecule has 0 aromatic heterocycles. The first-order chi connectivity index (χ1) is 18.2. The van der Waals surface area contributed by atoms with Gasteiger partial charge in [-0.3, -0.25) is 0 Å². The Morgan fingerprint density at radius 1 is 0.675 bits per heavy atom. The molecule has 212 valence electrons. The van der Waals surface area contributed by atoms with Gasteiger partial charge < -0.3 is 0 Å². The topological polar surface area (TPSA) is 0 Å². The van der Waals surface area contributed by atoms with Gasteiger partial charge in [-0.2, -0.15) is 0 Å². The predicted octanol–water partition coefficient (Wildman–Crippen LogP) is 10.5. The number of allylic oxidation sites excluding steroid dienone is 12. The summed E-state index contributed by atoms with van der Waals surface area (Å²) >= 11 is -3.31. The zero-order valence-corrected chi connectivity index (χ0v) is 30.6. The van der Waals surface area contributed by atoms with Crippen LogP contribution in [0.15, 0.2) is 123 Å². The van der Waals surface area contributed by atoms with Crippen LogP contribution in [0.3, 0.4) is 0 Å². The van der Waals surface area contributed by atoms with E-state index in [1.54, 1.807) is 27.9 Å². The van der Waals surface area contributed by atoms with E-state index in [1.165, 1.54) is 11.1 Å². The van der Waals surface area contributed by atoms with Gasteiger partial charge in [0.15, 0.2) is 0 Å². The Hall–Kier alpha value is -1.44. The van der Waals surface area contributed by atoms with E-state index in [0.29, 0.717) is 0 Å². The summed E-state index contributed by atoms with van der Waals surface area (Å²) in [6.45, 7) is 17.8. The number of rotatable bonds is 8. The maximum absolute atomic E-state index is 3.31. The van der Waals surface area contributed by atoms with Crippen molar-refractivity contribution in [2.24, 2.45) is 5.41 Å². The van der Waals surface area contributed by atoms with Gasteiger partial charge in [0.25, 0.3) is 0 Å². The van der Waals surface area contributed by atoms with Gasteiger partial charge in [0.1, 0.15) is 0 Å². The summed E-state index contributed by atoms with van der Waals surface area (Å²) in [5, 5.41) is 0. The standard InChI is InChI=1S/2C12H11.C10H15.C2H7Si.2ClH.Zr/c2*1-2-6-11(7-3-1)10-12-8-4-5-9-12;1-7-6-10(4,5)9(3)8(7)2;1-3-2;;;/h2*1-4,6-8H,5,10H2;1-5H3;3H,1-2H3;2*1H;. The molecule has 0 nitrogen and oxygen atoms in total. The van der Waals surface area contributed by atoms with Crippen molar-refractivity contribution < 1.29 is 19.4 Å². The summed E-state index contributed by atoms with van der Waals surface area (Å²) in [4.78, 5) is 0. The van der Waals surface area contributed by atoms with E-state index in [0.717, 1.165) is 25.7 Å². The zero-order valence-electron chi connectivity index (χ0n) is 25.3. The maximum atomic E-state index is 2.71. The molecule has 0 amide bonds. The van der Waals surface area contributed by atoms with Crippen LogP contribution >= 0.6 is 24.8 Å². The minimum absolute atomic E-state index is 0. The summed E-state index contributed by atoms with van der Waals surface area (Å²) in [5.74, 6) is -1.12. The molecule has 3 aliphatic carbocycles. The van der Waals surface area contributed by atoms with E-state index >= 15 is 0 Å². The van der Waals surface area contributed by atoms with Gasteiger partial charge in [0, 0.05) is 0 Å². The van der Waals surface area contributed by atoms with Crippen molar-refractivity contribution in [2.45, 2.75) is 73.4 Å². The summed E-state index contributed by atoms with van der Waals surface area (Å²) in [6, 6.07) is 22.4. The molecule has 0 atom stereocenters. The molecule has 0 radical (unpaired) electrons. The van der Waals surface area contributed by atoms with Crippen molar-refractivity contribution in [3.8, 4) is 0 Å². The monoisotopic (exact) mass is 666 g/mol. The second-order valence-electron chi connectivity index (χ2n) is 12.4. The summed E-state index contributed by atoms with van der Waals surface area (Å²) in [5.41, 5.74) is 11.1. The Labute approximate surface area is 260 Å². The van der Waals surface area contributed by atoms with E-state index in [-0.39, 0.29) is 30.2 Å². The molecule has 0 heterocycles. The van der Waals surface area contributed by atoms with Gasteiger partial charge >= 0.3 is 238 Å². The first-order valence-electron chi connectivity index (χ1n) is 14.4. The van der Waals surface area contributed by atoms with E-state index in [1.807, 2.05) is 9.84 Å². The second-order valence-corrected chi connectivity index (χ2v) is 36.5. The van der Waals surface area contributed by atoms with Gasteiger partial charge in [0.05, 0.1) is 0 Å². The van der Waals surface area contributed by atoms with Crippen molar-refractivity contribution in [1.82, 2.24) is 0 Å². The van der Waals surface area contributed by atoms with Crippen LogP contribution in [0.1, 0.15) is 58.6 Å². The molecule has 0 unspecified atom stereocenters. The minimum atomic E-state index is -3.31. The predicted molar refractivity (Wildman–Crippen MR) is 180 cm³/mol. The van der Waals surface area contributed by atoms with Crippen LogP contribution in [-0.2, 0) is 32.3 Å². The molecule has 2 aromatic carbocycles. The normalized spacial score (nSPS) is 18.3. The number of halogens is 2. The van der Waals surface area contributed by atoms with Crippen molar-refractivity contribution in [2.75, 3.05) is 0 Å². The van der Waals surface area contributed by atoms with Gasteiger partial charge in [-0.05, 0) is 0 Å². The van der Waals surface area contributed by atoms with Crippen LogP contribution in [0.25, 0.3) is 0 Å². The van der Waals surface area contributed by atoms with Crippen LogP contribution in [0.4, 0.5) is 0 Å². The fraction of sp³-hybridized carbons (Fsp3) is 0.333. The molecular formula is C36H46Cl2SiZr. The SMILES string of the molecule is CC1=C(C)C(C)(C)[C]([Zr]([C]2=C(Cc3ccccc3)C=CC2)([C]2=C(Cc3ccccc3)C=CC2)[SiH](C)C)=C1C.Cl.Cl. The van der Waals surface area contributed by atoms with Gasteiger partial charge in [-0.1, -0.05) is 0 Å². The average molecular weight is 669 g/mol. The Balaban J connectivity index is 0.00000220. The fourth-order valence-corrected chi connectivity index (χ4v) is 43.9. The quantitative estimate of drug-likeness (QED) is 0.246. The molecule has 0 spiro atoms. The van der Waals surface area contributed by atoms with E-state index in [4.69, 9.17) is 0 Å². The summed E-state index contributed by atoms with van der Waals surface area (Å²) in [7, 11) is 0. The number of hydrogen-bond donors (Lipinski definition) is 0. The number of hydrogen-bond acceptors (Lipinski definition) is 0. The van der Waals surface area contributed by atoms with Crippen molar-refractivity contribution in [3.63, 3.8) is 0 Å². The van der Waals surface area contributed by atoms with Crippen LogP contribution < -0.4 is 0 Å². The molecular weight excluding hydrogens is 623 g/mol. The Morgan fingerprint density at radius 3 is 1.45 bits per heavy atom. The first kappa shape index (κ1) is 33.1. The molecule has 0 saturated carbocycles. The third kappa shape index (κ3) is 5.64. The molecule has 0 bridgehead atoms. The summed E-state index contributed by atoms with van der Waals surface area (Å²) < 4.78 is 5.72. The third-order valence-electron chi connectivity index (χ3n) is 9.81. The van der Waals surface area contributed by atoms with Crippen LogP contribution in [-0.4, -0.2) is 5.92 Å². The van der Waals surface area contributed by atoms with Crippen molar-refractivity contribution in [1.29, 1.82) is 0 Å². The van der Waals surface area contributed by atoms with Crippen LogP contribution in [0, 0.1) is 5.41 Å². The molecule has 3 aliphatic rings. The Kier molecular flexibility index (Phi) is 11.0. The number of benzene rings is 2. The van der Waals surface area contributed by atoms with Crippen molar-refractivity contribution >= 4 is 30.7 Å². The molecule has 5 rings (SSSR count). The fourth-order valence-electron chi connectivity index (χ4n) is 7.74. The molecule has 4 heteroatoms. The Morgan fingerprint density at radius 2 is 1.10 bits per heavy atom. The maximum Gasteiger partial charge on any atom is -0.147 e. The largest absolute Gasteiger partial charge is 0.147 e. The average Bonchev–Trinajstić information content (AvgIpc) is 3.59. The van der Waals surface area contributed by atoms with E-state index < -0.39 is 25.4 Å². The molecule has 0 aliphatic heterocycles.